The Balaban J connectivity index is 1.21. The van der Waals surface area contributed by atoms with Crippen LogP contribution < -0.4 is 0 Å². The molecule has 1 saturated carbocycles. The standard InChI is InChI=1S/C31H29N3O4/c1-20-26(19-25-5-4-6-27(32-25)29(35)34-17-2-3-18-34)28(38-33-20)23-9-7-21(8-10-23)22-11-13-24(14-12-22)31(15-16-31)30(36)37/h4-14H,2-3,15-19H2,1H3,(H,36,37). The van der Waals surface area contributed by atoms with Crippen LogP contribution in [0.3, 0.4) is 0 Å². The fourth-order valence-electron chi connectivity index (χ4n) is 5.33. The Labute approximate surface area is 221 Å². The number of carbonyl (C=O) groups is 2. The SMILES string of the molecule is Cc1noc(-c2ccc(-c3ccc(C4(C(=O)O)CC4)cc3)cc2)c1Cc1cccc(C(=O)N2CCCC2)n1. The molecule has 3 heterocycles. The third kappa shape index (κ3) is 4.38. The van der Waals surface area contributed by atoms with Crippen molar-refractivity contribution in [3.63, 3.8) is 0 Å². The fourth-order valence-corrected chi connectivity index (χ4v) is 5.33. The average molecular weight is 508 g/mol. The highest BCUT2D eigenvalue weighted by Gasteiger charge is 2.51. The van der Waals surface area contributed by atoms with E-state index < -0.39 is 11.4 Å². The van der Waals surface area contributed by atoms with Gasteiger partial charge in [-0.25, -0.2) is 4.98 Å². The third-order valence-corrected chi connectivity index (χ3v) is 7.84. The van der Waals surface area contributed by atoms with Gasteiger partial charge in [0.15, 0.2) is 5.76 Å². The molecule has 0 atom stereocenters. The van der Waals surface area contributed by atoms with Gasteiger partial charge in [0.25, 0.3) is 5.91 Å². The van der Waals surface area contributed by atoms with Crippen molar-refractivity contribution in [2.45, 2.75) is 44.4 Å². The van der Waals surface area contributed by atoms with E-state index in [1.165, 1.54) is 0 Å². The third-order valence-electron chi connectivity index (χ3n) is 7.84. The van der Waals surface area contributed by atoms with Crippen molar-refractivity contribution in [3.8, 4) is 22.5 Å². The molecule has 0 radical (unpaired) electrons. The van der Waals surface area contributed by atoms with Crippen molar-refractivity contribution in [2.24, 2.45) is 0 Å². The van der Waals surface area contributed by atoms with Gasteiger partial charge in [-0.3, -0.25) is 9.59 Å². The van der Waals surface area contributed by atoms with Crippen LogP contribution in [0.4, 0.5) is 0 Å². The molecule has 0 bridgehead atoms. The van der Waals surface area contributed by atoms with Crippen LogP contribution in [0.5, 0.6) is 0 Å². The van der Waals surface area contributed by atoms with Crippen molar-refractivity contribution in [1.29, 1.82) is 0 Å². The summed E-state index contributed by atoms with van der Waals surface area (Å²) in [6.07, 6.45) is 4.00. The second-order valence-corrected chi connectivity index (χ2v) is 10.3. The van der Waals surface area contributed by atoms with Crippen molar-refractivity contribution in [2.75, 3.05) is 13.1 Å². The summed E-state index contributed by atoms with van der Waals surface area (Å²) in [5.41, 5.74) is 6.17. The molecule has 0 unspecified atom stereocenters. The van der Waals surface area contributed by atoms with Crippen LogP contribution in [-0.4, -0.2) is 45.1 Å². The maximum atomic E-state index is 12.8. The number of carbonyl (C=O) groups excluding carboxylic acids is 1. The number of aliphatic carboxylic acids is 1. The zero-order valence-electron chi connectivity index (χ0n) is 21.3. The number of hydrogen-bond donors (Lipinski definition) is 1. The number of aryl methyl sites for hydroxylation is 1. The molecule has 6 rings (SSSR count). The maximum absolute atomic E-state index is 12.8. The molecule has 1 saturated heterocycles. The van der Waals surface area contributed by atoms with Crippen LogP contribution >= 0.6 is 0 Å². The summed E-state index contributed by atoms with van der Waals surface area (Å²) < 4.78 is 5.73. The zero-order chi connectivity index (χ0) is 26.3. The lowest BCUT2D eigenvalue weighted by molar-refractivity contribution is -0.140. The Hall–Kier alpha value is -4.26. The molecule has 1 N–H and O–H groups in total. The van der Waals surface area contributed by atoms with Gasteiger partial charge in [0.05, 0.1) is 11.1 Å². The predicted molar refractivity (Wildman–Crippen MR) is 143 cm³/mol. The van der Waals surface area contributed by atoms with E-state index in [-0.39, 0.29) is 5.91 Å². The van der Waals surface area contributed by atoms with Gasteiger partial charge in [0.2, 0.25) is 0 Å². The fraction of sp³-hybridized carbons (Fsp3) is 0.290. The topological polar surface area (TPSA) is 96.5 Å². The lowest BCUT2D eigenvalue weighted by Crippen LogP contribution is -2.28. The monoisotopic (exact) mass is 507 g/mol. The first kappa shape index (κ1) is 24.1. The van der Waals surface area contributed by atoms with E-state index >= 15 is 0 Å². The number of likely N-dealkylation sites (tertiary alicyclic amines) is 1. The van der Waals surface area contributed by atoms with Crippen molar-refractivity contribution in [1.82, 2.24) is 15.0 Å². The lowest BCUT2D eigenvalue weighted by Gasteiger charge is -2.15. The summed E-state index contributed by atoms with van der Waals surface area (Å²) in [5, 5.41) is 13.8. The van der Waals surface area contributed by atoms with E-state index in [4.69, 9.17) is 4.52 Å². The molecule has 4 aromatic rings. The number of pyridine rings is 1. The molecule has 2 fully saturated rings. The van der Waals surface area contributed by atoms with Gasteiger partial charge in [-0.15, -0.1) is 0 Å². The first-order valence-corrected chi connectivity index (χ1v) is 13.1. The largest absolute Gasteiger partial charge is 0.481 e. The molecule has 1 aliphatic heterocycles. The van der Waals surface area contributed by atoms with Crippen LogP contribution in [0.25, 0.3) is 22.5 Å². The molecule has 2 aromatic heterocycles. The molecule has 2 aromatic carbocycles. The summed E-state index contributed by atoms with van der Waals surface area (Å²) >= 11 is 0. The Morgan fingerprint density at radius 1 is 0.921 bits per heavy atom. The van der Waals surface area contributed by atoms with Crippen LogP contribution in [-0.2, 0) is 16.6 Å². The number of hydrogen-bond acceptors (Lipinski definition) is 5. The van der Waals surface area contributed by atoms with E-state index in [1.54, 1.807) is 6.07 Å². The quantitative estimate of drug-likeness (QED) is 0.347. The number of nitrogens with zero attached hydrogens (tertiary/aromatic N) is 3. The van der Waals surface area contributed by atoms with Crippen molar-refractivity contribution >= 4 is 11.9 Å². The number of amides is 1. The van der Waals surface area contributed by atoms with Gasteiger partial charge in [0, 0.05) is 36.3 Å². The minimum atomic E-state index is -0.743. The number of benzene rings is 2. The van der Waals surface area contributed by atoms with Gasteiger partial charge in [-0.2, -0.15) is 0 Å². The molecular formula is C31H29N3O4. The number of aromatic nitrogens is 2. The smallest absolute Gasteiger partial charge is 0.314 e. The number of carboxylic acid groups (broad SMARTS) is 1. The van der Waals surface area contributed by atoms with Crippen LogP contribution in [0, 0.1) is 6.92 Å². The van der Waals surface area contributed by atoms with Gasteiger partial charge in [0.1, 0.15) is 5.69 Å². The maximum Gasteiger partial charge on any atom is 0.314 e. The first-order chi connectivity index (χ1) is 18.4. The van der Waals surface area contributed by atoms with E-state index in [0.29, 0.717) is 30.7 Å². The number of rotatable bonds is 7. The summed E-state index contributed by atoms with van der Waals surface area (Å²) in [7, 11) is 0. The average Bonchev–Trinajstić information content (AvgIpc) is 3.43. The van der Waals surface area contributed by atoms with E-state index in [2.05, 4.69) is 10.1 Å². The molecule has 38 heavy (non-hydrogen) atoms. The molecule has 1 amide bonds. The molecular weight excluding hydrogens is 478 g/mol. The minimum absolute atomic E-state index is 0.00880. The summed E-state index contributed by atoms with van der Waals surface area (Å²) in [6, 6.07) is 21.5. The Morgan fingerprint density at radius 2 is 1.55 bits per heavy atom. The lowest BCUT2D eigenvalue weighted by atomic mass is 9.93. The van der Waals surface area contributed by atoms with E-state index in [0.717, 1.165) is 65.1 Å². The normalized spacial score (nSPS) is 16.0. The summed E-state index contributed by atoms with van der Waals surface area (Å²) in [4.78, 5) is 31.0. The Bertz CT molecular complexity index is 1500. The van der Waals surface area contributed by atoms with Crippen LogP contribution in [0.15, 0.2) is 71.3 Å². The molecule has 192 valence electrons. The van der Waals surface area contributed by atoms with Crippen molar-refractivity contribution < 1.29 is 19.2 Å². The Morgan fingerprint density at radius 3 is 2.18 bits per heavy atom. The summed E-state index contributed by atoms with van der Waals surface area (Å²) in [5.74, 6) is -0.0574. The van der Waals surface area contributed by atoms with Gasteiger partial charge in [-0.05, 0) is 61.4 Å². The minimum Gasteiger partial charge on any atom is -0.481 e. The highest BCUT2D eigenvalue weighted by atomic mass is 16.5. The predicted octanol–water partition coefficient (Wildman–Crippen LogP) is 5.66. The molecule has 7 nitrogen and oxygen atoms in total. The van der Waals surface area contributed by atoms with Crippen molar-refractivity contribution in [3.05, 3.63) is 94.9 Å². The van der Waals surface area contributed by atoms with Gasteiger partial charge >= 0.3 is 5.97 Å². The summed E-state index contributed by atoms with van der Waals surface area (Å²) in [6.45, 7) is 3.51. The highest BCUT2D eigenvalue weighted by molar-refractivity contribution is 5.92. The van der Waals surface area contributed by atoms with Gasteiger partial charge < -0.3 is 14.5 Å². The molecule has 2 aliphatic rings. The second-order valence-electron chi connectivity index (χ2n) is 10.3. The van der Waals surface area contributed by atoms with E-state index in [1.807, 2.05) is 72.5 Å². The first-order valence-electron chi connectivity index (χ1n) is 13.1. The van der Waals surface area contributed by atoms with Gasteiger partial charge in [-0.1, -0.05) is 59.8 Å². The molecule has 1 aliphatic carbocycles. The molecule has 0 spiro atoms. The second kappa shape index (κ2) is 9.56. The Kier molecular flexibility index (Phi) is 6.06. The van der Waals surface area contributed by atoms with E-state index in [9.17, 15) is 14.7 Å². The number of carboxylic acids is 1. The van der Waals surface area contributed by atoms with Crippen LogP contribution in [0.1, 0.15) is 58.7 Å². The zero-order valence-corrected chi connectivity index (χ0v) is 21.3. The molecule has 7 heteroatoms. The van der Waals surface area contributed by atoms with Crippen LogP contribution in [0.2, 0.25) is 0 Å². The highest BCUT2D eigenvalue weighted by Crippen LogP contribution is 2.48.